The summed E-state index contributed by atoms with van der Waals surface area (Å²) in [6.45, 7) is 2.78. The third-order valence-electron chi connectivity index (χ3n) is 2.76. The third-order valence-corrected chi connectivity index (χ3v) is 3.33. The summed E-state index contributed by atoms with van der Waals surface area (Å²) in [4.78, 5) is 4.20. The number of nitrogens with zero attached hydrogens (tertiary/aromatic N) is 3. The molecule has 96 valence electrons. The van der Waals surface area contributed by atoms with E-state index in [1.165, 1.54) is 6.33 Å². The minimum absolute atomic E-state index is 0.245. The van der Waals surface area contributed by atoms with Gasteiger partial charge in [-0.1, -0.05) is 23.2 Å². The Bertz CT molecular complexity index is 539. The number of nitrogens with two attached hydrogens (primary N) is 1. The summed E-state index contributed by atoms with van der Waals surface area (Å²) in [7, 11) is 0. The highest BCUT2D eigenvalue weighted by atomic mass is 35.5. The van der Waals surface area contributed by atoms with E-state index in [-0.39, 0.29) is 6.04 Å². The smallest absolute Gasteiger partial charge is 0.138 e. The molecule has 6 heteroatoms. The largest absolute Gasteiger partial charge is 0.324 e. The van der Waals surface area contributed by atoms with E-state index in [2.05, 4.69) is 10.1 Å². The van der Waals surface area contributed by atoms with Crippen molar-refractivity contribution >= 4 is 23.2 Å². The first kappa shape index (κ1) is 13.3. The molecule has 0 spiro atoms. The van der Waals surface area contributed by atoms with Crippen LogP contribution in [0, 0.1) is 0 Å². The molecular formula is C12H14Cl2N4. The van der Waals surface area contributed by atoms with Crippen LogP contribution in [0.5, 0.6) is 0 Å². The van der Waals surface area contributed by atoms with E-state index in [0.29, 0.717) is 16.5 Å². The van der Waals surface area contributed by atoms with Gasteiger partial charge in [-0.3, -0.25) is 4.68 Å². The van der Waals surface area contributed by atoms with Gasteiger partial charge in [0.2, 0.25) is 0 Å². The van der Waals surface area contributed by atoms with Crippen LogP contribution in [0.15, 0.2) is 24.5 Å². The Hall–Kier alpha value is -1.10. The molecule has 0 saturated heterocycles. The van der Waals surface area contributed by atoms with Gasteiger partial charge < -0.3 is 5.73 Å². The van der Waals surface area contributed by atoms with Gasteiger partial charge in [0.1, 0.15) is 12.2 Å². The topological polar surface area (TPSA) is 56.7 Å². The molecule has 0 aliphatic heterocycles. The molecule has 2 N–H and O–H groups in total. The van der Waals surface area contributed by atoms with Crippen molar-refractivity contribution in [3.63, 3.8) is 0 Å². The zero-order chi connectivity index (χ0) is 13.1. The van der Waals surface area contributed by atoms with Crippen LogP contribution in [-0.4, -0.2) is 14.8 Å². The molecule has 0 aliphatic rings. The predicted molar refractivity (Wildman–Crippen MR) is 72.8 cm³/mol. The van der Waals surface area contributed by atoms with Crippen LogP contribution in [0.1, 0.15) is 24.4 Å². The van der Waals surface area contributed by atoms with Crippen LogP contribution in [-0.2, 0) is 13.0 Å². The summed E-state index contributed by atoms with van der Waals surface area (Å²) < 4.78 is 1.82. The minimum atomic E-state index is -0.245. The van der Waals surface area contributed by atoms with Gasteiger partial charge in [-0.05, 0) is 30.7 Å². The van der Waals surface area contributed by atoms with Crippen LogP contribution >= 0.6 is 23.2 Å². The Morgan fingerprint density at radius 1 is 1.39 bits per heavy atom. The predicted octanol–water partition coefficient (Wildman–Crippen LogP) is 2.85. The van der Waals surface area contributed by atoms with Crippen molar-refractivity contribution in [1.29, 1.82) is 0 Å². The van der Waals surface area contributed by atoms with Gasteiger partial charge in [-0.2, -0.15) is 5.10 Å². The molecule has 1 atom stereocenters. The molecule has 2 aromatic rings. The summed E-state index contributed by atoms with van der Waals surface area (Å²) in [5.74, 6) is 0.848. The fraction of sp³-hybridized carbons (Fsp3) is 0.333. The molecule has 1 heterocycles. The van der Waals surface area contributed by atoms with Crippen LogP contribution in [0.25, 0.3) is 0 Å². The summed E-state index contributed by atoms with van der Waals surface area (Å²) in [6, 6.07) is 5.05. The monoisotopic (exact) mass is 284 g/mol. The molecule has 0 aliphatic carbocycles. The third kappa shape index (κ3) is 2.83. The van der Waals surface area contributed by atoms with Gasteiger partial charge in [0.25, 0.3) is 0 Å². The molecule has 18 heavy (non-hydrogen) atoms. The van der Waals surface area contributed by atoms with Crippen LogP contribution in [0.4, 0.5) is 0 Å². The number of benzene rings is 1. The molecule has 1 unspecified atom stereocenters. The highest BCUT2D eigenvalue weighted by Crippen LogP contribution is 2.26. The average Bonchev–Trinajstić information content (AvgIpc) is 2.79. The van der Waals surface area contributed by atoms with Crippen molar-refractivity contribution < 1.29 is 0 Å². The van der Waals surface area contributed by atoms with Crippen molar-refractivity contribution in [3.8, 4) is 0 Å². The Morgan fingerprint density at radius 3 is 2.89 bits per heavy atom. The molecule has 0 bridgehead atoms. The molecule has 0 radical (unpaired) electrons. The number of aryl methyl sites for hydroxylation is 1. The standard InChI is InChI=1S/C12H14Cl2N4/c1-2-18-12(16-7-17-18)6-11(15)9-5-8(13)3-4-10(9)14/h3-5,7,11H,2,6,15H2,1H3. The normalized spacial score (nSPS) is 12.7. The number of hydrogen-bond acceptors (Lipinski definition) is 3. The van der Waals surface area contributed by atoms with Crippen LogP contribution < -0.4 is 5.73 Å². The van der Waals surface area contributed by atoms with E-state index in [4.69, 9.17) is 28.9 Å². The second kappa shape index (κ2) is 5.69. The molecule has 1 aromatic carbocycles. The van der Waals surface area contributed by atoms with Gasteiger partial charge in [0.05, 0.1) is 0 Å². The van der Waals surface area contributed by atoms with Crippen molar-refractivity contribution in [2.24, 2.45) is 5.73 Å². The Morgan fingerprint density at radius 2 is 2.17 bits per heavy atom. The first-order valence-electron chi connectivity index (χ1n) is 5.69. The zero-order valence-corrected chi connectivity index (χ0v) is 11.5. The maximum Gasteiger partial charge on any atom is 0.138 e. The van der Waals surface area contributed by atoms with E-state index in [9.17, 15) is 0 Å². The lowest BCUT2D eigenvalue weighted by Gasteiger charge is -2.14. The van der Waals surface area contributed by atoms with Crippen LogP contribution in [0.3, 0.4) is 0 Å². The number of aromatic nitrogens is 3. The number of halogens is 2. The molecule has 2 rings (SSSR count). The first-order valence-corrected chi connectivity index (χ1v) is 6.44. The Kier molecular flexibility index (Phi) is 4.22. The van der Waals surface area contributed by atoms with Crippen LogP contribution in [0.2, 0.25) is 10.0 Å². The van der Waals surface area contributed by atoms with Crippen molar-refractivity contribution in [1.82, 2.24) is 14.8 Å². The van der Waals surface area contributed by atoms with Crippen molar-refractivity contribution in [2.45, 2.75) is 25.9 Å². The van der Waals surface area contributed by atoms with Gasteiger partial charge in [-0.15, -0.1) is 0 Å². The SMILES string of the molecule is CCn1ncnc1CC(N)c1cc(Cl)ccc1Cl. The molecule has 0 amide bonds. The van der Waals surface area contributed by atoms with E-state index < -0.39 is 0 Å². The van der Waals surface area contributed by atoms with E-state index in [1.807, 2.05) is 11.6 Å². The maximum absolute atomic E-state index is 6.16. The van der Waals surface area contributed by atoms with E-state index in [0.717, 1.165) is 17.9 Å². The Labute approximate surface area is 116 Å². The lowest BCUT2D eigenvalue weighted by molar-refractivity contribution is 0.581. The highest BCUT2D eigenvalue weighted by molar-refractivity contribution is 6.33. The Balaban J connectivity index is 2.21. The second-order valence-electron chi connectivity index (χ2n) is 3.97. The lowest BCUT2D eigenvalue weighted by atomic mass is 10.0. The summed E-state index contributed by atoms with van der Waals surface area (Å²) in [5.41, 5.74) is 6.98. The van der Waals surface area contributed by atoms with E-state index in [1.54, 1.807) is 18.2 Å². The van der Waals surface area contributed by atoms with Gasteiger partial charge in [-0.25, -0.2) is 4.98 Å². The molecule has 0 saturated carbocycles. The first-order chi connectivity index (χ1) is 8.61. The molecular weight excluding hydrogens is 271 g/mol. The molecule has 1 aromatic heterocycles. The van der Waals surface area contributed by atoms with Gasteiger partial charge in [0, 0.05) is 29.1 Å². The fourth-order valence-electron chi connectivity index (χ4n) is 1.82. The van der Waals surface area contributed by atoms with Gasteiger partial charge >= 0.3 is 0 Å². The molecule has 4 nitrogen and oxygen atoms in total. The lowest BCUT2D eigenvalue weighted by Crippen LogP contribution is -2.17. The summed E-state index contributed by atoms with van der Waals surface area (Å²) >= 11 is 12.1. The van der Waals surface area contributed by atoms with Crippen molar-refractivity contribution in [3.05, 3.63) is 46.0 Å². The number of rotatable bonds is 4. The summed E-state index contributed by atoms with van der Waals surface area (Å²) in [6.07, 6.45) is 2.11. The van der Waals surface area contributed by atoms with Gasteiger partial charge in [0.15, 0.2) is 0 Å². The number of hydrogen-bond donors (Lipinski definition) is 1. The maximum atomic E-state index is 6.16. The average molecular weight is 285 g/mol. The fourth-order valence-corrected chi connectivity index (χ4v) is 2.25. The van der Waals surface area contributed by atoms with E-state index >= 15 is 0 Å². The summed E-state index contributed by atoms with van der Waals surface area (Å²) in [5, 5.41) is 5.36. The molecule has 0 fully saturated rings. The zero-order valence-electron chi connectivity index (χ0n) is 9.98. The quantitative estimate of drug-likeness (QED) is 0.939. The van der Waals surface area contributed by atoms with Crippen molar-refractivity contribution in [2.75, 3.05) is 0 Å². The highest BCUT2D eigenvalue weighted by Gasteiger charge is 2.14. The minimum Gasteiger partial charge on any atom is -0.324 e. The second-order valence-corrected chi connectivity index (χ2v) is 4.81.